The number of benzene rings is 1. The maximum absolute atomic E-state index is 13.0. The SMILES string of the molecule is CC(O)(c1cccc(F)c1)c1nccs1. The second-order valence-electron chi connectivity index (χ2n) is 3.42. The van der Waals surface area contributed by atoms with E-state index in [1.165, 1.54) is 23.5 Å². The number of hydrogen-bond donors (Lipinski definition) is 1. The third kappa shape index (κ3) is 1.91. The molecule has 2 aromatic rings. The molecule has 0 fully saturated rings. The fraction of sp³-hybridized carbons (Fsp3) is 0.182. The second-order valence-corrected chi connectivity index (χ2v) is 4.31. The number of aliphatic hydroxyl groups is 1. The van der Waals surface area contributed by atoms with E-state index in [9.17, 15) is 9.50 Å². The third-order valence-electron chi connectivity index (χ3n) is 2.24. The summed E-state index contributed by atoms with van der Waals surface area (Å²) in [7, 11) is 0. The molecule has 1 N–H and O–H groups in total. The van der Waals surface area contributed by atoms with Crippen molar-refractivity contribution < 1.29 is 9.50 Å². The molecule has 0 aliphatic heterocycles. The van der Waals surface area contributed by atoms with Crippen molar-refractivity contribution in [2.75, 3.05) is 0 Å². The van der Waals surface area contributed by atoms with Crippen molar-refractivity contribution in [3.8, 4) is 0 Å². The molecule has 1 unspecified atom stereocenters. The van der Waals surface area contributed by atoms with Crippen molar-refractivity contribution in [2.45, 2.75) is 12.5 Å². The van der Waals surface area contributed by atoms with Crippen LogP contribution in [0.4, 0.5) is 4.39 Å². The lowest BCUT2D eigenvalue weighted by atomic mass is 9.97. The minimum atomic E-state index is -1.23. The van der Waals surface area contributed by atoms with Crippen LogP contribution in [0.1, 0.15) is 17.5 Å². The smallest absolute Gasteiger partial charge is 0.138 e. The average Bonchev–Trinajstić information content (AvgIpc) is 2.71. The first-order valence-electron chi connectivity index (χ1n) is 4.49. The van der Waals surface area contributed by atoms with Gasteiger partial charge in [0.2, 0.25) is 0 Å². The van der Waals surface area contributed by atoms with Crippen LogP contribution in [0.3, 0.4) is 0 Å². The van der Waals surface area contributed by atoms with E-state index in [2.05, 4.69) is 4.98 Å². The van der Waals surface area contributed by atoms with E-state index >= 15 is 0 Å². The largest absolute Gasteiger partial charge is 0.378 e. The normalized spacial score (nSPS) is 14.9. The minimum Gasteiger partial charge on any atom is -0.378 e. The van der Waals surface area contributed by atoms with E-state index in [-0.39, 0.29) is 5.82 Å². The summed E-state index contributed by atoms with van der Waals surface area (Å²) in [6, 6.07) is 5.93. The van der Waals surface area contributed by atoms with Gasteiger partial charge < -0.3 is 5.11 Å². The van der Waals surface area contributed by atoms with E-state index in [0.717, 1.165) is 0 Å². The molecule has 0 amide bonds. The van der Waals surface area contributed by atoms with Gasteiger partial charge in [-0.15, -0.1) is 11.3 Å². The van der Waals surface area contributed by atoms with Crippen LogP contribution >= 0.6 is 11.3 Å². The number of thiazole rings is 1. The van der Waals surface area contributed by atoms with Gasteiger partial charge in [0.15, 0.2) is 0 Å². The van der Waals surface area contributed by atoms with Gasteiger partial charge >= 0.3 is 0 Å². The zero-order chi connectivity index (χ0) is 10.9. The van der Waals surface area contributed by atoms with Crippen molar-refractivity contribution in [3.05, 3.63) is 52.2 Å². The Hall–Kier alpha value is -1.26. The van der Waals surface area contributed by atoms with Crippen molar-refractivity contribution in [1.82, 2.24) is 4.98 Å². The molecule has 0 aliphatic rings. The highest BCUT2D eigenvalue weighted by molar-refractivity contribution is 7.09. The van der Waals surface area contributed by atoms with Crippen LogP contribution in [-0.4, -0.2) is 10.1 Å². The van der Waals surface area contributed by atoms with Gasteiger partial charge in [0, 0.05) is 11.6 Å². The molecule has 15 heavy (non-hydrogen) atoms. The highest BCUT2D eigenvalue weighted by Gasteiger charge is 2.28. The van der Waals surface area contributed by atoms with Gasteiger partial charge in [0.1, 0.15) is 16.4 Å². The quantitative estimate of drug-likeness (QED) is 0.848. The summed E-state index contributed by atoms with van der Waals surface area (Å²) in [5.41, 5.74) is -0.714. The molecule has 0 radical (unpaired) electrons. The molecule has 0 bridgehead atoms. The van der Waals surface area contributed by atoms with E-state index < -0.39 is 5.60 Å². The van der Waals surface area contributed by atoms with Crippen LogP contribution in [0.5, 0.6) is 0 Å². The van der Waals surface area contributed by atoms with Gasteiger partial charge in [-0.3, -0.25) is 0 Å². The predicted molar refractivity (Wildman–Crippen MR) is 57.2 cm³/mol. The first-order valence-corrected chi connectivity index (χ1v) is 5.37. The lowest BCUT2D eigenvalue weighted by Gasteiger charge is -2.20. The van der Waals surface area contributed by atoms with Crippen molar-refractivity contribution in [3.63, 3.8) is 0 Å². The highest BCUT2D eigenvalue weighted by Crippen LogP contribution is 2.30. The molecular formula is C11H10FNOS. The molecule has 4 heteroatoms. The number of hydrogen-bond acceptors (Lipinski definition) is 3. The fourth-order valence-corrected chi connectivity index (χ4v) is 2.10. The monoisotopic (exact) mass is 223 g/mol. The Kier molecular flexibility index (Phi) is 2.54. The van der Waals surface area contributed by atoms with Gasteiger partial charge in [-0.2, -0.15) is 0 Å². The maximum Gasteiger partial charge on any atom is 0.138 e. The van der Waals surface area contributed by atoms with Crippen LogP contribution in [0.25, 0.3) is 0 Å². The van der Waals surface area contributed by atoms with Crippen LogP contribution in [0, 0.1) is 5.82 Å². The summed E-state index contributed by atoms with van der Waals surface area (Å²) in [6.07, 6.45) is 1.62. The van der Waals surface area contributed by atoms with E-state index in [1.54, 1.807) is 30.6 Å². The topological polar surface area (TPSA) is 33.1 Å². The molecule has 0 spiro atoms. The van der Waals surface area contributed by atoms with Crippen LogP contribution < -0.4 is 0 Å². The Labute approximate surface area is 91.0 Å². The summed E-state index contributed by atoms with van der Waals surface area (Å²) < 4.78 is 13.0. The van der Waals surface area contributed by atoms with Crippen LogP contribution in [0.15, 0.2) is 35.8 Å². The average molecular weight is 223 g/mol. The van der Waals surface area contributed by atoms with Gasteiger partial charge in [0.05, 0.1) is 0 Å². The van der Waals surface area contributed by atoms with Crippen LogP contribution in [0.2, 0.25) is 0 Å². The zero-order valence-electron chi connectivity index (χ0n) is 8.14. The van der Waals surface area contributed by atoms with E-state index in [1.807, 2.05) is 0 Å². The zero-order valence-corrected chi connectivity index (χ0v) is 8.96. The Morgan fingerprint density at radius 1 is 1.47 bits per heavy atom. The number of rotatable bonds is 2. The Bertz CT molecular complexity index is 453. The summed E-state index contributed by atoms with van der Waals surface area (Å²) in [6.45, 7) is 1.61. The Morgan fingerprint density at radius 2 is 2.27 bits per heavy atom. The molecule has 1 atom stereocenters. The Balaban J connectivity index is 2.46. The van der Waals surface area contributed by atoms with Gasteiger partial charge in [-0.05, 0) is 24.6 Å². The number of aromatic nitrogens is 1. The first kappa shape index (κ1) is 10.3. The molecule has 2 nitrogen and oxygen atoms in total. The third-order valence-corrected chi connectivity index (χ3v) is 3.22. The molecule has 1 heterocycles. The van der Waals surface area contributed by atoms with E-state index in [0.29, 0.717) is 10.6 Å². The standard InChI is InChI=1S/C11H10FNOS/c1-11(14,10-13-5-6-15-10)8-3-2-4-9(12)7-8/h2-7,14H,1H3. The van der Waals surface area contributed by atoms with Gasteiger partial charge in [-0.1, -0.05) is 12.1 Å². The molecule has 78 valence electrons. The molecular weight excluding hydrogens is 213 g/mol. The lowest BCUT2D eigenvalue weighted by Crippen LogP contribution is -2.22. The summed E-state index contributed by atoms with van der Waals surface area (Å²) in [5, 5.41) is 12.6. The van der Waals surface area contributed by atoms with Crippen molar-refractivity contribution >= 4 is 11.3 Å². The maximum atomic E-state index is 13.0. The first-order chi connectivity index (χ1) is 7.10. The van der Waals surface area contributed by atoms with E-state index in [4.69, 9.17) is 0 Å². The summed E-state index contributed by atoms with van der Waals surface area (Å²) >= 11 is 1.35. The summed E-state index contributed by atoms with van der Waals surface area (Å²) in [4.78, 5) is 4.04. The number of nitrogens with zero attached hydrogens (tertiary/aromatic N) is 1. The number of halogens is 1. The van der Waals surface area contributed by atoms with Gasteiger partial charge in [0.25, 0.3) is 0 Å². The molecule has 1 aromatic carbocycles. The molecule has 0 saturated carbocycles. The lowest BCUT2D eigenvalue weighted by molar-refractivity contribution is 0.101. The van der Waals surface area contributed by atoms with Crippen LogP contribution in [-0.2, 0) is 5.60 Å². The van der Waals surface area contributed by atoms with Crippen molar-refractivity contribution in [2.24, 2.45) is 0 Å². The second kappa shape index (κ2) is 3.72. The highest BCUT2D eigenvalue weighted by atomic mass is 32.1. The predicted octanol–water partition coefficient (Wildman–Crippen LogP) is 2.54. The molecule has 0 saturated heterocycles. The van der Waals surface area contributed by atoms with Gasteiger partial charge in [-0.25, -0.2) is 9.37 Å². The molecule has 0 aliphatic carbocycles. The molecule has 1 aromatic heterocycles. The summed E-state index contributed by atoms with van der Waals surface area (Å²) in [5.74, 6) is -0.357. The Morgan fingerprint density at radius 3 is 2.87 bits per heavy atom. The molecule has 2 rings (SSSR count). The fourth-order valence-electron chi connectivity index (χ4n) is 1.38. The van der Waals surface area contributed by atoms with Crippen molar-refractivity contribution in [1.29, 1.82) is 0 Å². The minimum absolute atomic E-state index is 0.357.